The van der Waals surface area contributed by atoms with Gasteiger partial charge >= 0.3 is 5.97 Å². The van der Waals surface area contributed by atoms with E-state index in [4.69, 9.17) is 15.2 Å². The van der Waals surface area contributed by atoms with Crippen molar-refractivity contribution in [2.45, 2.75) is 96.5 Å². The van der Waals surface area contributed by atoms with Gasteiger partial charge in [-0.2, -0.15) is 13.1 Å². The average molecular weight is 930 g/mol. The van der Waals surface area contributed by atoms with Crippen molar-refractivity contribution in [3.63, 3.8) is 0 Å². The first-order valence-corrected chi connectivity index (χ1v) is 23.2. The zero-order valence-corrected chi connectivity index (χ0v) is 38.3. The molecule has 2 aliphatic rings. The van der Waals surface area contributed by atoms with Gasteiger partial charge in [-0.05, 0) is 102 Å². The van der Waals surface area contributed by atoms with Crippen LogP contribution < -0.4 is 15.8 Å². The molecule has 0 spiro atoms. The number of rotatable bonds is 22. The number of aliphatic imine (C=N–C) groups is 1. The Labute approximate surface area is 378 Å². The lowest BCUT2D eigenvalue weighted by atomic mass is 9.89. The van der Waals surface area contributed by atoms with E-state index in [1.165, 1.54) is 18.2 Å². The molecular weight excluding hydrogens is 871 g/mol. The number of carbonyl (C=O) groups excluding carboxylic acids is 3. The Balaban J connectivity index is 1.05. The van der Waals surface area contributed by atoms with E-state index in [-0.39, 0.29) is 80.1 Å². The van der Waals surface area contributed by atoms with Gasteiger partial charge in [0.15, 0.2) is 11.6 Å². The number of nitrogens with zero attached hydrogens (tertiary/aromatic N) is 3. The molecule has 0 aromatic heterocycles. The fraction of sp³-hybridized carbons (Fsp3) is 0.489. The molecule has 2 aliphatic heterocycles. The van der Waals surface area contributed by atoms with Gasteiger partial charge in [-0.1, -0.05) is 31.2 Å². The molecule has 18 heteroatoms. The summed E-state index contributed by atoms with van der Waals surface area (Å²) in [6, 6.07) is 12.2. The van der Waals surface area contributed by atoms with Crippen LogP contribution >= 0.6 is 0 Å². The molecule has 0 bridgehead atoms. The van der Waals surface area contributed by atoms with Crippen LogP contribution in [0.2, 0.25) is 0 Å². The molecule has 0 saturated carbocycles. The summed E-state index contributed by atoms with van der Waals surface area (Å²) >= 11 is 0. The number of aliphatic hydroxyl groups excluding tert-OH is 1. The van der Waals surface area contributed by atoms with Gasteiger partial charge in [0, 0.05) is 81.9 Å². The lowest BCUT2D eigenvalue weighted by Gasteiger charge is -2.36. The van der Waals surface area contributed by atoms with E-state index in [2.05, 4.69) is 10.3 Å². The van der Waals surface area contributed by atoms with Crippen LogP contribution in [0.3, 0.4) is 0 Å². The molecule has 0 unspecified atom stereocenters. The molecule has 4 N–H and O–H groups in total. The standard InChI is InChI=1S/C47H59F4N5O8S/c1-6-19-55(20-9-7-8-18-53-40(58)15-16-47(4,5)63-21-17-46(2,3)45(60)64-43-41(50)36(48)26-37(49)42(43)51)44(59)34-22-33-14-13-32(24-38(33)54-39(52)25-34)31-11-10-12-35(23-31)65(61,62)56-27-30(28-56)29-57/h10-14,22-24,26,30,57H,6-9,15-21,25,27-29H2,1-5H3,(H2,52,54)(H,53,58). The fourth-order valence-corrected chi connectivity index (χ4v) is 8.92. The summed E-state index contributed by atoms with van der Waals surface area (Å²) < 4.78 is 93.5. The topological polar surface area (TPSA) is 181 Å². The van der Waals surface area contributed by atoms with Gasteiger partial charge in [0.2, 0.25) is 39.2 Å². The molecule has 3 aromatic carbocycles. The number of unbranched alkanes of at least 4 members (excludes halogenated alkanes) is 2. The molecule has 0 atom stereocenters. The van der Waals surface area contributed by atoms with Crippen molar-refractivity contribution in [2.75, 3.05) is 45.9 Å². The highest BCUT2D eigenvalue weighted by atomic mass is 32.2. The van der Waals surface area contributed by atoms with Crippen molar-refractivity contribution in [1.29, 1.82) is 0 Å². The second-order valence-electron chi connectivity index (χ2n) is 17.8. The third kappa shape index (κ3) is 13.2. The molecule has 1 fully saturated rings. The summed E-state index contributed by atoms with van der Waals surface area (Å²) in [5.41, 5.74) is 7.44. The summed E-state index contributed by atoms with van der Waals surface area (Å²) in [6.45, 7) is 10.4. The van der Waals surface area contributed by atoms with Crippen molar-refractivity contribution in [2.24, 2.45) is 22.1 Å². The molecule has 0 aliphatic carbocycles. The van der Waals surface area contributed by atoms with Crippen molar-refractivity contribution in [1.82, 2.24) is 14.5 Å². The normalized spacial score (nSPS) is 14.7. The number of nitrogens with one attached hydrogen (secondary N) is 1. The maximum absolute atomic E-state index is 14.0. The highest BCUT2D eigenvalue weighted by Gasteiger charge is 2.37. The third-order valence-corrected chi connectivity index (χ3v) is 13.3. The number of benzene rings is 3. The van der Waals surface area contributed by atoms with Crippen LogP contribution in [-0.2, 0) is 29.1 Å². The Morgan fingerprint density at radius 3 is 2.31 bits per heavy atom. The summed E-state index contributed by atoms with van der Waals surface area (Å²) in [4.78, 5) is 45.8. The number of amides is 2. The van der Waals surface area contributed by atoms with Crippen LogP contribution in [0.1, 0.15) is 91.5 Å². The van der Waals surface area contributed by atoms with Gasteiger partial charge < -0.3 is 30.5 Å². The Hall–Kier alpha value is -5.17. The minimum atomic E-state index is -3.71. The van der Waals surface area contributed by atoms with E-state index in [9.17, 15) is 45.5 Å². The van der Waals surface area contributed by atoms with Crippen molar-refractivity contribution in [3.05, 3.63) is 82.9 Å². The highest BCUT2D eigenvalue weighted by Crippen LogP contribution is 2.35. The molecule has 3 aromatic rings. The minimum absolute atomic E-state index is 0.0177. The number of carbonyl (C=O) groups is 3. The second kappa shape index (κ2) is 21.9. The molecule has 2 amide bonds. The van der Waals surface area contributed by atoms with Crippen LogP contribution in [0, 0.1) is 34.6 Å². The van der Waals surface area contributed by atoms with Crippen LogP contribution in [-0.4, -0.2) is 97.9 Å². The predicted molar refractivity (Wildman–Crippen MR) is 238 cm³/mol. The molecule has 2 heterocycles. The predicted octanol–water partition coefficient (Wildman–Crippen LogP) is 7.42. The molecular formula is C47H59F4N5O8S. The summed E-state index contributed by atoms with van der Waals surface area (Å²) in [5.74, 6) is -9.66. The van der Waals surface area contributed by atoms with E-state index in [0.717, 1.165) is 18.4 Å². The Kier molecular flexibility index (Phi) is 17.1. The van der Waals surface area contributed by atoms with E-state index in [0.29, 0.717) is 61.3 Å². The number of amidine groups is 1. The van der Waals surface area contributed by atoms with Crippen molar-refractivity contribution in [3.8, 4) is 16.9 Å². The zero-order chi connectivity index (χ0) is 47.7. The van der Waals surface area contributed by atoms with Gasteiger partial charge in [-0.15, -0.1) is 0 Å². The van der Waals surface area contributed by atoms with Gasteiger partial charge in [0.1, 0.15) is 5.84 Å². The average Bonchev–Trinajstić information content (AvgIpc) is 3.41. The van der Waals surface area contributed by atoms with E-state index >= 15 is 0 Å². The van der Waals surface area contributed by atoms with Crippen LogP contribution in [0.15, 0.2) is 64.0 Å². The number of esters is 1. The molecule has 1 saturated heterocycles. The zero-order valence-electron chi connectivity index (χ0n) is 37.5. The van der Waals surface area contributed by atoms with Gasteiger partial charge in [0.25, 0.3) is 0 Å². The van der Waals surface area contributed by atoms with Crippen molar-refractivity contribution >= 4 is 45.4 Å². The number of fused-ring (bicyclic) bond motifs is 1. The lowest BCUT2D eigenvalue weighted by Crippen LogP contribution is -2.51. The molecule has 65 heavy (non-hydrogen) atoms. The van der Waals surface area contributed by atoms with Crippen LogP contribution in [0.25, 0.3) is 17.2 Å². The smallest absolute Gasteiger partial charge is 0.317 e. The highest BCUT2D eigenvalue weighted by molar-refractivity contribution is 7.89. The third-order valence-electron chi connectivity index (χ3n) is 11.5. The van der Waals surface area contributed by atoms with Crippen LogP contribution in [0.5, 0.6) is 5.75 Å². The molecule has 354 valence electrons. The maximum atomic E-state index is 14.0. The first-order chi connectivity index (χ1) is 30.6. The molecule has 5 rings (SSSR count). The van der Waals surface area contributed by atoms with Crippen LogP contribution in [0.4, 0.5) is 23.2 Å². The number of sulfonamides is 1. The van der Waals surface area contributed by atoms with E-state index < -0.39 is 56.0 Å². The fourth-order valence-electron chi connectivity index (χ4n) is 7.28. The Bertz CT molecular complexity index is 2380. The maximum Gasteiger partial charge on any atom is 0.317 e. The first kappa shape index (κ1) is 50.8. The second-order valence-corrected chi connectivity index (χ2v) is 19.7. The number of hydrogen-bond donors (Lipinski definition) is 3. The number of aliphatic hydroxyl groups is 1. The monoisotopic (exact) mass is 929 g/mol. The number of nitrogens with two attached hydrogens (primary N) is 1. The largest absolute Gasteiger partial charge is 0.420 e. The van der Waals surface area contributed by atoms with Crippen molar-refractivity contribution < 1.29 is 54.9 Å². The first-order valence-electron chi connectivity index (χ1n) is 21.8. The molecule has 0 radical (unpaired) electrons. The van der Waals surface area contributed by atoms with Gasteiger partial charge in [-0.3, -0.25) is 14.4 Å². The van der Waals surface area contributed by atoms with E-state index in [1.807, 2.05) is 37.3 Å². The van der Waals surface area contributed by atoms with Gasteiger partial charge in [-0.25, -0.2) is 22.2 Å². The van der Waals surface area contributed by atoms with Gasteiger partial charge in [0.05, 0.1) is 21.6 Å². The lowest BCUT2D eigenvalue weighted by molar-refractivity contribution is -0.146. The van der Waals surface area contributed by atoms with E-state index in [1.54, 1.807) is 36.9 Å². The quantitative estimate of drug-likeness (QED) is 0.0304. The summed E-state index contributed by atoms with van der Waals surface area (Å²) in [5, 5.41) is 12.2. The summed E-state index contributed by atoms with van der Waals surface area (Å²) in [6.07, 6.45) is 5.43. The molecule has 13 nitrogen and oxygen atoms in total. The number of hydrogen-bond acceptors (Lipinski definition) is 10. The Morgan fingerprint density at radius 1 is 0.938 bits per heavy atom. The Morgan fingerprint density at radius 2 is 1.63 bits per heavy atom. The number of halogens is 4. The number of ether oxygens (including phenoxy) is 2. The summed E-state index contributed by atoms with van der Waals surface area (Å²) in [7, 11) is -3.71. The minimum Gasteiger partial charge on any atom is -0.420 e. The SMILES string of the molecule is CCCN(CCCCCNC(=O)CCC(C)(C)OCCC(C)(C)C(=O)Oc1c(F)c(F)cc(F)c1F)C(=O)C1=Cc2ccc(-c3cccc(S(=O)(=O)N4CC(CO)C4)c3)cc2N=C(N)C1.